The molecule has 0 bridgehead atoms. The number of halogens is 1. The van der Waals surface area contributed by atoms with E-state index in [-0.39, 0.29) is 5.97 Å². The standard InChI is InChI=1S/C13H18BrNO3/c1-15-9-10-5-6-12(11(14)8-10)18-7-3-4-13(16)17-2/h5-6,8,15H,3-4,7,9H2,1-2H3. The Bertz CT molecular complexity index is 396. The highest BCUT2D eigenvalue weighted by molar-refractivity contribution is 9.10. The Balaban J connectivity index is 2.40. The third-order valence-corrected chi connectivity index (χ3v) is 3.01. The van der Waals surface area contributed by atoms with Crippen molar-refractivity contribution in [2.24, 2.45) is 0 Å². The van der Waals surface area contributed by atoms with Crippen molar-refractivity contribution in [2.45, 2.75) is 19.4 Å². The van der Waals surface area contributed by atoms with Crippen molar-refractivity contribution in [3.63, 3.8) is 0 Å². The fourth-order valence-corrected chi connectivity index (χ4v) is 2.02. The van der Waals surface area contributed by atoms with Crippen LogP contribution in [-0.2, 0) is 16.1 Å². The molecule has 5 heteroatoms. The quantitative estimate of drug-likeness (QED) is 0.620. The van der Waals surface area contributed by atoms with Gasteiger partial charge in [-0.05, 0) is 47.1 Å². The summed E-state index contributed by atoms with van der Waals surface area (Å²) in [5, 5.41) is 3.09. The van der Waals surface area contributed by atoms with Crippen molar-refractivity contribution >= 4 is 21.9 Å². The zero-order valence-electron chi connectivity index (χ0n) is 10.7. The second kappa shape index (κ2) is 8.11. The van der Waals surface area contributed by atoms with Crippen molar-refractivity contribution in [3.8, 4) is 5.75 Å². The molecule has 1 aromatic rings. The van der Waals surface area contributed by atoms with Gasteiger partial charge < -0.3 is 14.8 Å². The van der Waals surface area contributed by atoms with Gasteiger partial charge in [0.15, 0.2) is 0 Å². The number of nitrogens with one attached hydrogen (secondary N) is 1. The summed E-state index contributed by atoms with van der Waals surface area (Å²) in [7, 11) is 3.30. The lowest BCUT2D eigenvalue weighted by Crippen LogP contribution is -2.06. The van der Waals surface area contributed by atoms with E-state index < -0.39 is 0 Å². The molecule has 0 unspecified atom stereocenters. The third kappa shape index (κ3) is 5.06. The summed E-state index contributed by atoms with van der Waals surface area (Å²) in [6, 6.07) is 5.96. The molecule has 0 aromatic heterocycles. The van der Waals surface area contributed by atoms with Gasteiger partial charge in [-0.1, -0.05) is 6.07 Å². The molecule has 0 fully saturated rings. The van der Waals surface area contributed by atoms with Crippen LogP contribution in [0.5, 0.6) is 5.75 Å². The van der Waals surface area contributed by atoms with E-state index in [4.69, 9.17) is 4.74 Å². The lowest BCUT2D eigenvalue weighted by atomic mass is 10.2. The number of rotatable bonds is 7. The Labute approximate surface area is 116 Å². The highest BCUT2D eigenvalue weighted by atomic mass is 79.9. The van der Waals surface area contributed by atoms with E-state index >= 15 is 0 Å². The number of carbonyl (C=O) groups excluding carboxylic acids is 1. The van der Waals surface area contributed by atoms with E-state index in [0.717, 1.165) is 16.8 Å². The molecule has 0 atom stereocenters. The van der Waals surface area contributed by atoms with Crippen molar-refractivity contribution < 1.29 is 14.3 Å². The van der Waals surface area contributed by atoms with Crippen LogP contribution in [0.2, 0.25) is 0 Å². The molecule has 18 heavy (non-hydrogen) atoms. The van der Waals surface area contributed by atoms with Gasteiger partial charge in [0.2, 0.25) is 0 Å². The van der Waals surface area contributed by atoms with E-state index in [2.05, 4.69) is 26.0 Å². The van der Waals surface area contributed by atoms with Crippen LogP contribution in [0, 0.1) is 0 Å². The van der Waals surface area contributed by atoms with Gasteiger partial charge in [0, 0.05) is 13.0 Å². The van der Waals surface area contributed by atoms with E-state index in [1.807, 2.05) is 25.2 Å². The molecule has 0 saturated heterocycles. The van der Waals surface area contributed by atoms with Crippen molar-refractivity contribution in [2.75, 3.05) is 20.8 Å². The normalized spacial score (nSPS) is 10.2. The molecule has 0 heterocycles. The van der Waals surface area contributed by atoms with Crippen molar-refractivity contribution in [1.82, 2.24) is 5.32 Å². The first-order valence-corrected chi connectivity index (χ1v) is 6.59. The minimum Gasteiger partial charge on any atom is -0.492 e. The smallest absolute Gasteiger partial charge is 0.305 e. The summed E-state index contributed by atoms with van der Waals surface area (Å²) in [4.78, 5) is 10.9. The van der Waals surface area contributed by atoms with Crippen LogP contribution in [0.4, 0.5) is 0 Å². The largest absolute Gasteiger partial charge is 0.492 e. The van der Waals surface area contributed by atoms with Gasteiger partial charge in [0.25, 0.3) is 0 Å². The van der Waals surface area contributed by atoms with Crippen LogP contribution in [-0.4, -0.2) is 26.7 Å². The van der Waals surface area contributed by atoms with Crippen molar-refractivity contribution in [1.29, 1.82) is 0 Å². The summed E-state index contributed by atoms with van der Waals surface area (Å²) >= 11 is 3.47. The molecule has 0 aliphatic heterocycles. The number of hydrogen-bond acceptors (Lipinski definition) is 4. The Morgan fingerprint density at radius 3 is 2.83 bits per heavy atom. The molecule has 0 aliphatic carbocycles. The molecule has 1 aromatic carbocycles. The highest BCUT2D eigenvalue weighted by Gasteiger charge is 2.04. The fraction of sp³-hybridized carbons (Fsp3) is 0.462. The van der Waals surface area contributed by atoms with Gasteiger partial charge in [-0.2, -0.15) is 0 Å². The third-order valence-electron chi connectivity index (χ3n) is 2.39. The predicted octanol–water partition coefficient (Wildman–Crippen LogP) is 2.50. The minimum atomic E-state index is -0.206. The van der Waals surface area contributed by atoms with Gasteiger partial charge in [0.05, 0.1) is 18.2 Å². The van der Waals surface area contributed by atoms with Crippen LogP contribution in [0.1, 0.15) is 18.4 Å². The Kier molecular flexibility index (Phi) is 6.75. The Hall–Kier alpha value is -1.07. The summed E-state index contributed by atoms with van der Waals surface area (Å²) < 4.78 is 11.1. The molecule has 0 saturated carbocycles. The molecule has 0 spiro atoms. The molecule has 0 amide bonds. The number of benzene rings is 1. The minimum absolute atomic E-state index is 0.206. The zero-order chi connectivity index (χ0) is 13.4. The average molecular weight is 316 g/mol. The topological polar surface area (TPSA) is 47.6 Å². The molecule has 100 valence electrons. The first kappa shape index (κ1) is 15.0. The molecule has 0 aliphatic rings. The van der Waals surface area contributed by atoms with Crippen LogP contribution in [0.25, 0.3) is 0 Å². The van der Waals surface area contributed by atoms with Crippen LogP contribution >= 0.6 is 15.9 Å². The van der Waals surface area contributed by atoms with Gasteiger partial charge in [-0.25, -0.2) is 0 Å². The summed E-state index contributed by atoms with van der Waals surface area (Å²) in [5.74, 6) is 0.585. The zero-order valence-corrected chi connectivity index (χ0v) is 12.2. The predicted molar refractivity (Wildman–Crippen MR) is 73.7 cm³/mol. The fourth-order valence-electron chi connectivity index (χ4n) is 1.48. The van der Waals surface area contributed by atoms with Crippen molar-refractivity contribution in [3.05, 3.63) is 28.2 Å². The van der Waals surface area contributed by atoms with Crippen LogP contribution in [0.3, 0.4) is 0 Å². The Morgan fingerprint density at radius 2 is 2.22 bits per heavy atom. The summed E-state index contributed by atoms with van der Waals surface area (Å²) in [6.07, 6.45) is 1.03. The SMILES string of the molecule is CNCc1ccc(OCCCC(=O)OC)c(Br)c1. The maximum absolute atomic E-state index is 10.9. The number of esters is 1. The summed E-state index contributed by atoms with van der Waals surface area (Å²) in [5.41, 5.74) is 1.19. The lowest BCUT2D eigenvalue weighted by molar-refractivity contribution is -0.140. The second-order valence-corrected chi connectivity index (χ2v) is 4.68. The second-order valence-electron chi connectivity index (χ2n) is 3.82. The van der Waals surface area contributed by atoms with Gasteiger partial charge in [0.1, 0.15) is 5.75 Å². The van der Waals surface area contributed by atoms with Gasteiger partial charge >= 0.3 is 5.97 Å². The molecule has 4 nitrogen and oxygen atoms in total. The van der Waals surface area contributed by atoms with E-state index in [1.54, 1.807) is 0 Å². The first-order valence-electron chi connectivity index (χ1n) is 5.80. The maximum atomic E-state index is 10.9. The number of carbonyl (C=O) groups is 1. The van der Waals surface area contributed by atoms with E-state index in [1.165, 1.54) is 12.7 Å². The maximum Gasteiger partial charge on any atom is 0.305 e. The molecular formula is C13H18BrNO3. The highest BCUT2D eigenvalue weighted by Crippen LogP contribution is 2.26. The Morgan fingerprint density at radius 1 is 1.44 bits per heavy atom. The molecule has 1 rings (SSSR count). The monoisotopic (exact) mass is 315 g/mol. The average Bonchev–Trinajstić information content (AvgIpc) is 2.36. The molecule has 1 N–H and O–H groups in total. The number of methoxy groups -OCH3 is 1. The lowest BCUT2D eigenvalue weighted by Gasteiger charge is -2.09. The molecular weight excluding hydrogens is 298 g/mol. The molecule has 0 radical (unpaired) electrons. The van der Waals surface area contributed by atoms with Crippen LogP contribution < -0.4 is 10.1 Å². The van der Waals surface area contributed by atoms with Gasteiger partial charge in [-0.3, -0.25) is 4.79 Å². The first-order chi connectivity index (χ1) is 8.67. The van der Waals surface area contributed by atoms with Gasteiger partial charge in [-0.15, -0.1) is 0 Å². The van der Waals surface area contributed by atoms with E-state index in [0.29, 0.717) is 19.4 Å². The van der Waals surface area contributed by atoms with Crippen LogP contribution in [0.15, 0.2) is 22.7 Å². The number of hydrogen-bond donors (Lipinski definition) is 1. The summed E-state index contributed by atoms with van der Waals surface area (Å²) in [6.45, 7) is 1.32. The number of ether oxygens (including phenoxy) is 2. The van der Waals surface area contributed by atoms with E-state index in [9.17, 15) is 4.79 Å².